The van der Waals surface area contributed by atoms with Gasteiger partial charge in [0.05, 0.1) is 12.8 Å². The number of nitrogens with one attached hydrogen (secondary N) is 1. The van der Waals surface area contributed by atoms with Crippen molar-refractivity contribution in [2.24, 2.45) is 0 Å². The fourth-order valence-electron chi connectivity index (χ4n) is 1.57. The number of anilines is 1. The molecule has 0 radical (unpaired) electrons. The van der Waals surface area contributed by atoms with Gasteiger partial charge in [0.25, 0.3) is 0 Å². The number of nitrogen functional groups attached to an aromatic ring is 1. The van der Waals surface area contributed by atoms with Crippen LogP contribution in [0, 0.1) is 0 Å². The molecule has 0 atom stereocenters. The third kappa shape index (κ3) is 2.19. The van der Waals surface area contributed by atoms with Crippen LogP contribution in [0.3, 0.4) is 0 Å². The molecule has 0 unspecified atom stereocenters. The number of carbonyl (C=O) groups excluding carboxylic acids is 1. The van der Waals surface area contributed by atoms with Crippen LogP contribution in [0.15, 0.2) is 34.9 Å². The number of benzene rings is 1. The molecule has 4 nitrogen and oxygen atoms in total. The SMILES string of the molecule is COC(=O)c1[nH]cc(-c2ccc(Br)cc2)c1N. The molecule has 0 aliphatic rings. The number of aromatic amines is 1. The first-order valence-corrected chi connectivity index (χ1v) is 5.74. The van der Waals surface area contributed by atoms with Crippen LogP contribution in [0.4, 0.5) is 5.69 Å². The quantitative estimate of drug-likeness (QED) is 0.837. The number of ether oxygens (including phenoxy) is 1. The second-order valence-electron chi connectivity index (χ2n) is 3.49. The lowest BCUT2D eigenvalue weighted by molar-refractivity contribution is 0.0596. The molecule has 5 heteroatoms. The summed E-state index contributed by atoms with van der Waals surface area (Å²) in [4.78, 5) is 14.2. The van der Waals surface area contributed by atoms with Gasteiger partial charge in [0.1, 0.15) is 5.69 Å². The third-order valence-corrected chi connectivity index (χ3v) is 2.99. The van der Waals surface area contributed by atoms with E-state index >= 15 is 0 Å². The van der Waals surface area contributed by atoms with Crippen LogP contribution in [-0.2, 0) is 4.74 Å². The Morgan fingerprint density at radius 3 is 2.59 bits per heavy atom. The van der Waals surface area contributed by atoms with E-state index in [-0.39, 0.29) is 5.69 Å². The van der Waals surface area contributed by atoms with Crippen molar-refractivity contribution >= 4 is 27.6 Å². The second kappa shape index (κ2) is 4.63. The highest BCUT2D eigenvalue weighted by atomic mass is 79.9. The average molecular weight is 295 g/mol. The highest BCUT2D eigenvalue weighted by Gasteiger charge is 2.16. The van der Waals surface area contributed by atoms with Gasteiger partial charge in [-0.15, -0.1) is 0 Å². The van der Waals surface area contributed by atoms with Crippen LogP contribution in [0.25, 0.3) is 11.1 Å². The maximum absolute atomic E-state index is 11.4. The summed E-state index contributed by atoms with van der Waals surface area (Å²) >= 11 is 3.36. The zero-order valence-electron chi connectivity index (χ0n) is 9.16. The molecule has 2 rings (SSSR count). The van der Waals surface area contributed by atoms with Gasteiger partial charge in [-0.05, 0) is 17.7 Å². The molecule has 0 saturated heterocycles. The molecular formula is C12H11BrN2O2. The number of nitrogens with two attached hydrogens (primary N) is 1. The lowest BCUT2D eigenvalue weighted by atomic mass is 10.1. The number of H-pyrrole nitrogens is 1. The Hall–Kier alpha value is -1.75. The Kier molecular flexibility index (Phi) is 3.19. The fourth-order valence-corrected chi connectivity index (χ4v) is 1.84. The summed E-state index contributed by atoms with van der Waals surface area (Å²) in [6.45, 7) is 0. The first kappa shape index (κ1) is 11.7. The normalized spacial score (nSPS) is 10.2. The van der Waals surface area contributed by atoms with Crippen LogP contribution in [0.2, 0.25) is 0 Å². The molecule has 2 aromatic rings. The number of carbonyl (C=O) groups is 1. The average Bonchev–Trinajstić information content (AvgIpc) is 2.71. The first-order chi connectivity index (χ1) is 8.13. The Balaban J connectivity index is 2.44. The lowest BCUT2D eigenvalue weighted by Crippen LogP contribution is -2.04. The van der Waals surface area contributed by atoms with Gasteiger partial charge in [-0.2, -0.15) is 0 Å². The van der Waals surface area contributed by atoms with Gasteiger partial charge in [0.2, 0.25) is 0 Å². The molecule has 3 N–H and O–H groups in total. The van der Waals surface area contributed by atoms with Crippen molar-refractivity contribution in [3.05, 3.63) is 40.6 Å². The van der Waals surface area contributed by atoms with Gasteiger partial charge in [-0.1, -0.05) is 28.1 Å². The molecule has 0 spiro atoms. The summed E-state index contributed by atoms with van der Waals surface area (Å²) in [7, 11) is 1.32. The van der Waals surface area contributed by atoms with Crippen molar-refractivity contribution < 1.29 is 9.53 Å². The van der Waals surface area contributed by atoms with Crippen molar-refractivity contribution in [1.82, 2.24) is 4.98 Å². The molecule has 1 aromatic heterocycles. The predicted octanol–water partition coefficient (Wildman–Crippen LogP) is 2.81. The van der Waals surface area contributed by atoms with E-state index in [4.69, 9.17) is 5.73 Å². The summed E-state index contributed by atoms with van der Waals surface area (Å²) in [6, 6.07) is 7.68. The molecule has 0 amide bonds. The van der Waals surface area contributed by atoms with Crippen molar-refractivity contribution in [3.63, 3.8) is 0 Å². The number of aromatic nitrogens is 1. The van der Waals surface area contributed by atoms with Crippen LogP contribution in [0.5, 0.6) is 0 Å². The van der Waals surface area contributed by atoms with E-state index in [1.54, 1.807) is 6.20 Å². The predicted molar refractivity (Wildman–Crippen MR) is 69.7 cm³/mol. The zero-order chi connectivity index (χ0) is 12.4. The second-order valence-corrected chi connectivity index (χ2v) is 4.41. The Morgan fingerprint density at radius 1 is 1.35 bits per heavy atom. The van der Waals surface area contributed by atoms with Gasteiger partial charge < -0.3 is 15.5 Å². The Morgan fingerprint density at radius 2 is 2.00 bits per heavy atom. The molecule has 0 saturated carbocycles. The molecule has 17 heavy (non-hydrogen) atoms. The molecule has 1 aromatic carbocycles. The van der Waals surface area contributed by atoms with Crippen LogP contribution < -0.4 is 5.73 Å². The third-order valence-electron chi connectivity index (χ3n) is 2.47. The van der Waals surface area contributed by atoms with Gasteiger partial charge in [-0.25, -0.2) is 4.79 Å². The van der Waals surface area contributed by atoms with E-state index in [1.807, 2.05) is 24.3 Å². The summed E-state index contributed by atoms with van der Waals surface area (Å²) in [5.41, 5.74) is 8.32. The monoisotopic (exact) mass is 294 g/mol. The van der Waals surface area contributed by atoms with Crippen molar-refractivity contribution in [2.45, 2.75) is 0 Å². The number of halogens is 1. The summed E-state index contributed by atoms with van der Waals surface area (Å²) < 4.78 is 5.62. The number of rotatable bonds is 2. The van der Waals surface area contributed by atoms with Gasteiger partial charge in [-0.3, -0.25) is 0 Å². The molecule has 0 aliphatic heterocycles. The lowest BCUT2D eigenvalue weighted by Gasteiger charge is -2.01. The van der Waals surface area contributed by atoms with E-state index in [9.17, 15) is 4.79 Å². The van der Waals surface area contributed by atoms with Crippen molar-refractivity contribution in [1.29, 1.82) is 0 Å². The van der Waals surface area contributed by atoms with E-state index < -0.39 is 5.97 Å². The first-order valence-electron chi connectivity index (χ1n) is 4.94. The summed E-state index contributed by atoms with van der Waals surface area (Å²) in [6.07, 6.45) is 1.70. The van der Waals surface area contributed by atoms with Crippen molar-refractivity contribution in [2.75, 3.05) is 12.8 Å². The highest BCUT2D eigenvalue weighted by Crippen LogP contribution is 2.29. The van der Waals surface area contributed by atoms with Crippen LogP contribution >= 0.6 is 15.9 Å². The number of methoxy groups -OCH3 is 1. The summed E-state index contributed by atoms with van der Waals surface area (Å²) in [5.74, 6) is -0.467. The van der Waals surface area contributed by atoms with E-state index in [0.29, 0.717) is 5.69 Å². The largest absolute Gasteiger partial charge is 0.464 e. The smallest absolute Gasteiger partial charge is 0.356 e. The maximum atomic E-state index is 11.4. The molecule has 0 aliphatic carbocycles. The number of esters is 1. The topological polar surface area (TPSA) is 68.1 Å². The molecule has 1 heterocycles. The Bertz CT molecular complexity index is 546. The molecule has 88 valence electrons. The Labute approximate surface area is 107 Å². The molecule has 0 fully saturated rings. The van der Waals surface area contributed by atoms with E-state index in [0.717, 1.165) is 15.6 Å². The van der Waals surface area contributed by atoms with Gasteiger partial charge in [0, 0.05) is 16.2 Å². The minimum atomic E-state index is -0.467. The maximum Gasteiger partial charge on any atom is 0.356 e. The number of hydrogen-bond acceptors (Lipinski definition) is 3. The minimum absolute atomic E-state index is 0.283. The molecule has 0 bridgehead atoms. The minimum Gasteiger partial charge on any atom is -0.464 e. The van der Waals surface area contributed by atoms with Crippen LogP contribution in [-0.4, -0.2) is 18.1 Å². The van der Waals surface area contributed by atoms with Crippen molar-refractivity contribution in [3.8, 4) is 11.1 Å². The standard InChI is InChI=1S/C12H11BrN2O2/c1-17-12(16)11-10(14)9(6-15-11)7-2-4-8(13)5-3-7/h2-6,15H,14H2,1H3. The van der Waals surface area contributed by atoms with Gasteiger partial charge >= 0.3 is 5.97 Å². The number of hydrogen-bond donors (Lipinski definition) is 2. The van der Waals surface area contributed by atoms with E-state index in [2.05, 4.69) is 25.7 Å². The van der Waals surface area contributed by atoms with Crippen LogP contribution in [0.1, 0.15) is 10.5 Å². The fraction of sp³-hybridized carbons (Fsp3) is 0.0833. The zero-order valence-corrected chi connectivity index (χ0v) is 10.7. The summed E-state index contributed by atoms with van der Waals surface area (Å²) in [5, 5.41) is 0. The highest BCUT2D eigenvalue weighted by molar-refractivity contribution is 9.10. The van der Waals surface area contributed by atoms with E-state index in [1.165, 1.54) is 7.11 Å². The van der Waals surface area contributed by atoms with Gasteiger partial charge in [0.15, 0.2) is 0 Å². The molecular weight excluding hydrogens is 284 g/mol.